The Morgan fingerprint density at radius 3 is 2.77 bits per heavy atom. The van der Waals surface area contributed by atoms with E-state index < -0.39 is 6.10 Å². The highest BCUT2D eigenvalue weighted by atomic mass is 35.5. The third-order valence-electron chi connectivity index (χ3n) is 3.55. The van der Waals surface area contributed by atoms with Crippen LogP contribution in [-0.4, -0.2) is 48.9 Å². The lowest BCUT2D eigenvalue weighted by molar-refractivity contribution is -0.137. The van der Waals surface area contributed by atoms with Crippen LogP contribution < -0.4 is 10.1 Å². The normalized spacial score (nSPS) is 16.2. The van der Waals surface area contributed by atoms with Gasteiger partial charge in [-0.25, -0.2) is 0 Å². The molecule has 0 aromatic heterocycles. The van der Waals surface area contributed by atoms with Crippen LogP contribution in [0, 0.1) is 0 Å². The zero-order valence-corrected chi connectivity index (χ0v) is 13.8. The minimum absolute atomic E-state index is 0. The molecule has 1 amide bonds. The van der Waals surface area contributed by atoms with E-state index in [0.29, 0.717) is 17.9 Å². The van der Waals surface area contributed by atoms with E-state index in [9.17, 15) is 9.59 Å². The fraction of sp³-hybridized carbons (Fsp3) is 0.500. The van der Waals surface area contributed by atoms with Gasteiger partial charge in [0.2, 0.25) is 0 Å². The molecule has 1 fully saturated rings. The molecule has 0 spiro atoms. The molecule has 1 aromatic rings. The maximum Gasteiger partial charge on any atom is 0.263 e. The van der Waals surface area contributed by atoms with Crippen LogP contribution in [-0.2, 0) is 4.79 Å². The van der Waals surface area contributed by atoms with Crippen LogP contribution in [0.2, 0.25) is 0 Å². The number of benzene rings is 1. The molecular formula is C16H23ClN2O3. The van der Waals surface area contributed by atoms with Crippen LogP contribution in [0.15, 0.2) is 24.3 Å². The van der Waals surface area contributed by atoms with Gasteiger partial charge in [-0.15, -0.1) is 12.4 Å². The molecule has 1 saturated heterocycles. The minimum atomic E-state index is -0.551. The Morgan fingerprint density at radius 2 is 2.05 bits per heavy atom. The summed E-state index contributed by atoms with van der Waals surface area (Å²) in [7, 11) is 0. The standard InChI is InChI=1S/C16H22N2O3.ClH/c1-12(19)14-5-3-6-15(11-14)21-13(2)16(20)18-9-4-7-17-8-10-18;/h3,5-6,11,13,17H,4,7-10H2,1-2H3;1H. The molecule has 1 unspecified atom stereocenters. The molecule has 6 heteroatoms. The number of rotatable bonds is 4. The Kier molecular flexibility index (Phi) is 7.35. The predicted octanol–water partition coefficient (Wildman–Crippen LogP) is 1.90. The Bertz CT molecular complexity index is 514. The second kappa shape index (κ2) is 8.76. The first-order chi connectivity index (χ1) is 10.1. The van der Waals surface area contributed by atoms with Gasteiger partial charge in [0.15, 0.2) is 11.9 Å². The van der Waals surface area contributed by atoms with Crippen LogP contribution in [0.25, 0.3) is 0 Å². The van der Waals surface area contributed by atoms with Gasteiger partial charge in [0, 0.05) is 25.2 Å². The van der Waals surface area contributed by atoms with E-state index in [1.54, 1.807) is 31.2 Å². The van der Waals surface area contributed by atoms with E-state index in [2.05, 4.69) is 5.32 Å². The number of carbonyl (C=O) groups is 2. The number of Topliss-reactive ketones (excluding diaryl/α,β-unsaturated/α-hetero) is 1. The van der Waals surface area contributed by atoms with Crippen LogP contribution >= 0.6 is 12.4 Å². The maximum absolute atomic E-state index is 12.4. The zero-order chi connectivity index (χ0) is 15.2. The summed E-state index contributed by atoms with van der Waals surface area (Å²) in [6.07, 6.45) is 0.406. The van der Waals surface area contributed by atoms with E-state index in [4.69, 9.17) is 4.74 Å². The van der Waals surface area contributed by atoms with Crippen molar-refractivity contribution in [3.63, 3.8) is 0 Å². The van der Waals surface area contributed by atoms with Crippen molar-refractivity contribution in [2.24, 2.45) is 0 Å². The summed E-state index contributed by atoms with van der Waals surface area (Å²) in [4.78, 5) is 25.6. The van der Waals surface area contributed by atoms with E-state index in [1.165, 1.54) is 6.92 Å². The fourth-order valence-corrected chi connectivity index (χ4v) is 2.37. The number of carbonyl (C=O) groups excluding carboxylic acids is 2. The summed E-state index contributed by atoms with van der Waals surface area (Å²) in [5.41, 5.74) is 0.589. The summed E-state index contributed by atoms with van der Waals surface area (Å²) in [6.45, 7) is 6.49. The van der Waals surface area contributed by atoms with Crippen molar-refractivity contribution in [1.29, 1.82) is 0 Å². The molecule has 0 radical (unpaired) electrons. The van der Waals surface area contributed by atoms with Gasteiger partial charge < -0.3 is 15.0 Å². The van der Waals surface area contributed by atoms with Crippen molar-refractivity contribution in [3.8, 4) is 5.75 Å². The van der Waals surface area contributed by atoms with Crippen molar-refractivity contribution in [3.05, 3.63) is 29.8 Å². The van der Waals surface area contributed by atoms with E-state index >= 15 is 0 Å². The number of amides is 1. The summed E-state index contributed by atoms with van der Waals surface area (Å²) in [5, 5.41) is 3.27. The highest BCUT2D eigenvalue weighted by Gasteiger charge is 2.22. The monoisotopic (exact) mass is 326 g/mol. The molecule has 1 heterocycles. The van der Waals surface area contributed by atoms with Crippen LogP contribution in [0.4, 0.5) is 0 Å². The molecule has 22 heavy (non-hydrogen) atoms. The molecule has 1 N–H and O–H groups in total. The summed E-state index contributed by atoms with van der Waals surface area (Å²) in [5.74, 6) is 0.529. The molecule has 5 nitrogen and oxygen atoms in total. The quantitative estimate of drug-likeness (QED) is 0.859. The van der Waals surface area contributed by atoms with Gasteiger partial charge in [0.25, 0.3) is 5.91 Å². The number of hydrogen-bond donors (Lipinski definition) is 1. The number of hydrogen-bond acceptors (Lipinski definition) is 4. The van der Waals surface area contributed by atoms with Gasteiger partial charge in [-0.05, 0) is 38.9 Å². The predicted molar refractivity (Wildman–Crippen MR) is 87.9 cm³/mol. The first-order valence-corrected chi connectivity index (χ1v) is 7.35. The molecule has 0 aliphatic carbocycles. The van der Waals surface area contributed by atoms with Crippen molar-refractivity contribution < 1.29 is 14.3 Å². The van der Waals surface area contributed by atoms with E-state index in [-0.39, 0.29) is 24.1 Å². The molecule has 0 saturated carbocycles. The number of nitrogens with one attached hydrogen (secondary N) is 1. The first-order valence-electron chi connectivity index (χ1n) is 7.35. The van der Waals surface area contributed by atoms with Gasteiger partial charge in [0.05, 0.1) is 0 Å². The third-order valence-corrected chi connectivity index (χ3v) is 3.55. The summed E-state index contributed by atoms with van der Waals surface area (Å²) >= 11 is 0. The molecule has 1 atom stereocenters. The molecule has 2 rings (SSSR count). The molecular weight excluding hydrogens is 304 g/mol. The highest BCUT2D eigenvalue weighted by molar-refractivity contribution is 5.94. The summed E-state index contributed by atoms with van der Waals surface area (Å²) < 4.78 is 5.70. The Morgan fingerprint density at radius 1 is 1.27 bits per heavy atom. The van der Waals surface area contributed by atoms with Crippen LogP contribution in [0.5, 0.6) is 5.75 Å². The van der Waals surface area contributed by atoms with Gasteiger partial charge in [-0.3, -0.25) is 9.59 Å². The molecule has 0 bridgehead atoms. The van der Waals surface area contributed by atoms with Gasteiger partial charge in [0.1, 0.15) is 5.75 Å². The summed E-state index contributed by atoms with van der Waals surface area (Å²) in [6, 6.07) is 6.94. The molecule has 122 valence electrons. The fourth-order valence-electron chi connectivity index (χ4n) is 2.37. The Balaban J connectivity index is 0.00000242. The van der Waals surface area contributed by atoms with Crippen molar-refractivity contribution in [1.82, 2.24) is 10.2 Å². The van der Waals surface area contributed by atoms with Crippen LogP contribution in [0.1, 0.15) is 30.6 Å². The molecule has 1 aromatic carbocycles. The van der Waals surface area contributed by atoms with Gasteiger partial charge in [-0.1, -0.05) is 12.1 Å². The number of halogens is 1. The SMILES string of the molecule is CC(=O)c1cccc(OC(C)C(=O)N2CCCNCC2)c1.Cl. The maximum atomic E-state index is 12.4. The lowest BCUT2D eigenvalue weighted by Crippen LogP contribution is -2.42. The Labute approximate surface area is 137 Å². The number of ether oxygens (including phenoxy) is 1. The Hall–Kier alpha value is -1.59. The lowest BCUT2D eigenvalue weighted by atomic mass is 10.1. The largest absolute Gasteiger partial charge is 0.481 e. The third kappa shape index (κ3) is 5.00. The van der Waals surface area contributed by atoms with Crippen molar-refractivity contribution >= 4 is 24.1 Å². The van der Waals surface area contributed by atoms with Gasteiger partial charge in [-0.2, -0.15) is 0 Å². The lowest BCUT2D eigenvalue weighted by Gasteiger charge is -2.24. The second-order valence-corrected chi connectivity index (χ2v) is 5.27. The topological polar surface area (TPSA) is 58.6 Å². The van der Waals surface area contributed by atoms with Crippen LogP contribution in [0.3, 0.4) is 0 Å². The highest BCUT2D eigenvalue weighted by Crippen LogP contribution is 2.16. The van der Waals surface area contributed by atoms with E-state index in [0.717, 1.165) is 26.1 Å². The smallest absolute Gasteiger partial charge is 0.263 e. The second-order valence-electron chi connectivity index (χ2n) is 5.27. The van der Waals surface area contributed by atoms with Crippen molar-refractivity contribution in [2.75, 3.05) is 26.2 Å². The van der Waals surface area contributed by atoms with E-state index in [1.807, 2.05) is 4.90 Å². The molecule has 1 aliphatic heterocycles. The molecule has 1 aliphatic rings. The minimum Gasteiger partial charge on any atom is -0.481 e. The number of ketones is 1. The zero-order valence-electron chi connectivity index (χ0n) is 13.0. The number of nitrogens with zero attached hydrogens (tertiary/aromatic N) is 1. The average molecular weight is 327 g/mol. The van der Waals surface area contributed by atoms with Crippen molar-refractivity contribution in [2.45, 2.75) is 26.4 Å². The first kappa shape index (κ1) is 18.5. The average Bonchev–Trinajstić information content (AvgIpc) is 2.75. The van der Waals surface area contributed by atoms with Gasteiger partial charge >= 0.3 is 0 Å².